The van der Waals surface area contributed by atoms with E-state index in [2.05, 4.69) is 5.92 Å². The molecule has 2 atom stereocenters. The highest BCUT2D eigenvalue weighted by Crippen LogP contribution is 2.23. The molecule has 0 radical (unpaired) electrons. The zero-order chi connectivity index (χ0) is 8.43. The molecular weight excluding hydrogens is 138 g/mol. The van der Waals surface area contributed by atoms with E-state index in [1.54, 1.807) is 0 Å². The van der Waals surface area contributed by atoms with E-state index < -0.39 is 0 Å². The Hall–Kier alpha value is -0.780. The molecule has 2 unspecified atom stereocenters. The summed E-state index contributed by atoms with van der Waals surface area (Å²) in [6.45, 7) is 1.94. The first-order valence-electron chi connectivity index (χ1n) is 3.75. The first-order valence-corrected chi connectivity index (χ1v) is 3.75. The Morgan fingerprint density at radius 1 is 1.73 bits per heavy atom. The Bertz CT molecular complexity index is 224. The Labute approximate surface area is 67.1 Å². The third kappa shape index (κ3) is 1.62. The number of terminal acetylenes is 1. The predicted octanol–water partition coefficient (Wildman–Crippen LogP) is 0.418. The van der Waals surface area contributed by atoms with E-state index in [-0.39, 0.29) is 12.1 Å². The van der Waals surface area contributed by atoms with Crippen LogP contribution in [-0.2, 0) is 0 Å². The van der Waals surface area contributed by atoms with Crippen LogP contribution in [0.25, 0.3) is 0 Å². The van der Waals surface area contributed by atoms with Gasteiger partial charge in [0.25, 0.3) is 0 Å². The molecule has 3 N–H and O–H groups in total. The lowest BCUT2D eigenvalue weighted by Gasteiger charge is -2.24. The summed E-state index contributed by atoms with van der Waals surface area (Å²) in [4.78, 5) is 0. The smallest absolute Gasteiger partial charge is 0.0604 e. The van der Waals surface area contributed by atoms with E-state index in [1.165, 1.54) is 0 Å². The largest absolute Gasteiger partial charge is 0.393 e. The Balaban J connectivity index is 2.88. The molecule has 1 aliphatic carbocycles. The fraction of sp³-hybridized carbons (Fsp3) is 0.556. The van der Waals surface area contributed by atoms with Crippen molar-refractivity contribution in [2.24, 2.45) is 5.73 Å². The number of hydrogen-bond donors (Lipinski definition) is 2. The highest BCUT2D eigenvalue weighted by atomic mass is 16.3. The first kappa shape index (κ1) is 8.32. The van der Waals surface area contributed by atoms with E-state index in [4.69, 9.17) is 12.2 Å². The fourth-order valence-electron chi connectivity index (χ4n) is 1.35. The third-order valence-electron chi connectivity index (χ3n) is 2.17. The summed E-state index contributed by atoms with van der Waals surface area (Å²) in [5.41, 5.74) is 7.65. The van der Waals surface area contributed by atoms with E-state index >= 15 is 0 Å². The van der Waals surface area contributed by atoms with Crippen molar-refractivity contribution in [2.75, 3.05) is 0 Å². The van der Waals surface area contributed by atoms with Gasteiger partial charge in [-0.2, -0.15) is 0 Å². The van der Waals surface area contributed by atoms with Crippen LogP contribution in [0.15, 0.2) is 11.1 Å². The monoisotopic (exact) mass is 151 g/mol. The molecule has 0 aromatic rings. The molecule has 0 spiro atoms. The van der Waals surface area contributed by atoms with Crippen LogP contribution in [-0.4, -0.2) is 17.3 Å². The highest BCUT2D eigenvalue weighted by Gasteiger charge is 2.21. The lowest BCUT2D eigenvalue weighted by Crippen LogP contribution is -2.32. The van der Waals surface area contributed by atoms with Crippen molar-refractivity contribution in [2.45, 2.75) is 31.9 Å². The SMILES string of the molecule is C#CC1=C(C)C(N)CC(O)C1. The fourth-order valence-corrected chi connectivity index (χ4v) is 1.35. The second-order valence-electron chi connectivity index (χ2n) is 3.01. The van der Waals surface area contributed by atoms with Gasteiger partial charge in [-0.25, -0.2) is 0 Å². The maximum Gasteiger partial charge on any atom is 0.0604 e. The topological polar surface area (TPSA) is 46.2 Å². The molecule has 2 nitrogen and oxygen atoms in total. The molecule has 1 aliphatic rings. The summed E-state index contributed by atoms with van der Waals surface area (Å²) >= 11 is 0. The molecule has 60 valence electrons. The molecule has 0 fully saturated rings. The Morgan fingerprint density at radius 2 is 2.36 bits per heavy atom. The van der Waals surface area contributed by atoms with Crippen LogP contribution in [0.4, 0.5) is 0 Å². The van der Waals surface area contributed by atoms with Crippen molar-refractivity contribution >= 4 is 0 Å². The maximum atomic E-state index is 9.29. The molecule has 0 bridgehead atoms. The lowest BCUT2D eigenvalue weighted by molar-refractivity contribution is 0.153. The van der Waals surface area contributed by atoms with Gasteiger partial charge in [-0.1, -0.05) is 5.92 Å². The number of aliphatic hydroxyl groups excluding tert-OH is 1. The second-order valence-corrected chi connectivity index (χ2v) is 3.01. The van der Waals surface area contributed by atoms with Gasteiger partial charge in [-0.3, -0.25) is 0 Å². The highest BCUT2D eigenvalue weighted by molar-refractivity contribution is 5.35. The van der Waals surface area contributed by atoms with Gasteiger partial charge in [0.15, 0.2) is 0 Å². The molecule has 0 saturated carbocycles. The van der Waals surface area contributed by atoms with Gasteiger partial charge in [0.2, 0.25) is 0 Å². The van der Waals surface area contributed by atoms with Gasteiger partial charge in [-0.05, 0) is 18.9 Å². The average Bonchev–Trinajstić information content (AvgIpc) is 1.96. The van der Waals surface area contributed by atoms with E-state index in [0.29, 0.717) is 12.8 Å². The molecule has 2 heteroatoms. The van der Waals surface area contributed by atoms with Gasteiger partial charge in [0.1, 0.15) is 0 Å². The van der Waals surface area contributed by atoms with E-state index in [1.807, 2.05) is 6.92 Å². The number of hydrogen-bond acceptors (Lipinski definition) is 2. The summed E-state index contributed by atoms with van der Waals surface area (Å²) in [5.74, 6) is 2.55. The number of nitrogens with two attached hydrogens (primary N) is 1. The van der Waals surface area contributed by atoms with Gasteiger partial charge in [-0.15, -0.1) is 6.42 Å². The standard InChI is InChI=1S/C9H13NO/c1-3-7-4-8(11)5-9(10)6(7)2/h1,8-9,11H,4-5,10H2,2H3. The minimum atomic E-state index is -0.347. The lowest BCUT2D eigenvalue weighted by atomic mass is 9.88. The zero-order valence-corrected chi connectivity index (χ0v) is 6.67. The Morgan fingerprint density at radius 3 is 2.91 bits per heavy atom. The van der Waals surface area contributed by atoms with Gasteiger partial charge in [0, 0.05) is 18.0 Å². The normalized spacial score (nSPS) is 31.8. The van der Waals surface area contributed by atoms with Gasteiger partial charge >= 0.3 is 0 Å². The molecule has 0 aromatic carbocycles. The molecule has 0 aliphatic heterocycles. The first-order chi connectivity index (χ1) is 5.15. The van der Waals surface area contributed by atoms with Crippen molar-refractivity contribution in [3.05, 3.63) is 11.1 Å². The van der Waals surface area contributed by atoms with Crippen molar-refractivity contribution in [1.29, 1.82) is 0 Å². The van der Waals surface area contributed by atoms with Crippen LogP contribution >= 0.6 is 0 Å². The van der Waals surface area contributed by atoms with Crippen LogP contribution in [0.3, 0.4) is 0 Å². The molecule has 0 heterocycles. The van der Waals surface area contributed by atoms with Crippen LogP contribution < -0.4 is 5.73 Å². The summed E-state index contributed by atoms with van der Waals surface area (Å²) in [6, 6.07) is -0.0511. The molecular formula is C9H13NO. The van der Waals surface area contributed by atoms with Crippen molar-refractivity contribution in [3.63, 3.8) is 0 Å². The number of aliphatic hydroxyl groups is 1. The van der Waals surface area contributed by atoms with Gasteiger partial charge in [0.05, 0.1) is 6.10 Å². The third-order valence-corrected chi connectivity index (χ3v) is 2.17. The van der Waals surface area contributed by atoms with Crippen LogP contribution in [0, 0.1) is 12.3 Å². The summed E-state index contributed by atoms with van der Waals surface area (Å²) in [6.07, 6.45) is 6.13. The van der Waals surface area contributed by atoms with E-state index in [9.17, 15) is 5.11 Å². The van der Waals surface area contributed by atoms with Gasteiger partial charge < -0.3 is 10.8 Å². The minimum absolute atomic E-state index is 0.0511. The van der Waals surface area contributed by atoms with Crippen molar-refractivity contribution in [1.82, 2.24) is 0 Å². The quantitative estimate of drug-likeness (QED) is 0.493. The maximum absolute atomic E-state index is 9.29. The summed E-state index contributed by atoms with van der Waals surface area (Å²) in [5, 5.41) is 9.29. The predicted molar refractivity (Wildman–Crippen MR) is 44.7 cm³/mol. The number of rotatable bonds is 0. The molecule has 0 saturated heterocycles. The minimum Gasteiger partial charge on any atom is -0.393 e. The average molecular weight is 151 g/mol. The van der Waals surface area contributed by atoms with Crippen molar-refractivity contribution < 1.29 is 5.11 Å². The Kier molecular flexibility index (Phi) is 2.33. The zero-order valence-electron chi connectivity index (χ0n) is 6.67. The molecule has 0 aromatic heterocycles. The van der Waals surface area contributed by atoms with Crippen LogP contribution in [0.2, 0.25) is 0 Å². The second kappa shape index (κ2) is 3.08. The van der Waals surface area contributed by atoms with Crippen LogP contribution in [0.1, 0.15) is 19.8 Å². The molecule has 0 amide bonds. The van der Waals surface area contributed by atoms with Crippen molar-refractivity contribution in [3.8, 4) is 12.3 Å². The molecule has 1 rings (SSSR count). The van der Waals surface area contributed by atoms with E-state index in [0.717, 1.165) is 11.1 Å². The summed E-state index contributed by atoms with van der Waals surface area (Å²) in [7, 11) is 0. The van der Waals surface area contributed by atoms with Crippen LogP contribution in [0.5, 0.6) is 0 Å². The molecule has 11 heavy (non-hydrogen) atoms. The summed E-state index contributed by atoms with van der Waals surface area (Å²) < 4.78 is 0.